The number of hydrogen-bond donors (Lipinski definition) is 1. The maximum absolute atomic E-state index is 5.79. The number of nitrogens with two attached hydrogens (primary N) is 1. The molecule has 3 rings (SSSR count). The Labute approximate surface area is 107 Å². The van der Waals surface area contributed by atoms with E-state index in [0.29, 0.717) is 6.54 Å². The van der Waals surface area contributed by atoms with Gasteiger partial charge >= 0.3 is 0 Å². The Morgan fingerprint density at radius 2 is 1.78 bits per heavy atom. The zero-order valence-corrected chi connectivity index (χ0v) is 9.95. The van der Waals surface area contributed by atoms with Crippen molar-refractivity contribution in [2.45, 2.75) is 0 Å². The topological polar surface area (TPSA) is 43.4 Å². The van der Waals surface area contributed by atoms with E-state index in [4.69, 9.17) is 5.73 Å². The Morgan fingerprint density at radius 1 is 1.06 bits per heavy atom. The van der Waals surface area contributed by atoms with Gasteiger partial charge < -0.3 is 16.2 Å². The van der Waals surface area contributed by atoms with Gasteiger partial charge in [0.2, 0.25) is 0 Å². The van der Waals surface area contributed by atoms with Gasteiger partial charge in [-0.15, -0.1) is 5.70 Å². The number of rotatable bonds is 2. The molecule has 3 heteroatoms. The van der Waals surface area contributed by atoms with Crippen molar-refractivity contribution in [3.05, 3.63) is 83.1 Å². The molecule has 2 aliphatic rings. The molecule has 1 aliphatic carbocycles. The second-order valence-electron chi connectivity index (χ2n) is 4.16. The lowest BCUT2D eigenvalue weighted by atomic mass is 10.1. The molecular formula is C15H14N3-. The highest BCUT2D eigenvalue weighted by molar-refractivity contribution is 5.67. The summed E-state index contributed by atoms with van der Waals surface area (Å²) in [5.41, 5.74) is 14.6. The number of para-hydroxylation sites is 1. The summed E-state index contributed by atoms with van der Waals surface area (Å²) in [5, 5.41) is 1.88. The van der Waals surface area contributed by atoms with Crippen molar-refractivity contribution in [1.82, 2.24) is 0 Å². The van der Waals surface area contributed by atoms with Crippen molar-refractivity contribution in [3.8, 4) is 0 Å². The van der Waals surface area contributed by atoms with E-state index < -0.39 is 0 Å². The zero-order valence-electron chi connectivity index (χ0n) is 9.95. The minimum absolute atomic E-state index is 0.493. The van der Waals surface area contributed by atoms with Crippen LogP contribution < -0.4 is 10.7 Å². The predicted molar refractivity (Wildman–Crippen MR) is 74.7 cm³/mol. The van der Waals surface area contributed by atoms with Crippen LogP contribution in [-0.2, 0) is 0 Å². The highest BCUT2D eigenvalue weighted by Gasteiger charge is 2.10. The van der Waals surface area contributed by atoms with Gasteiger partial charge in [-0.1, -0.05) is 42.5 Å². The van der Waals surface area contributed by atoms with Gasteiger partial charge in [0, 0.05) is 12.2 Å². The van der Waals surface area contributed by atoms with Crippen molar-refractivity contribution < 1.29 is 0 Å². The summed E-state index contributed by atoms with van der Waals surface area (Å²) >= 11 is 0. The molecule has 0 aromatic heterocycles. The van der Waals surface area contributed by atoms with Gasteiger partial charge in [-0.25, -0.2) is 0 Å². The van der Waals surface area contributed by atoms with E-state index in [0.717, 1.165) is 22.5 Å². The number of benzene rings is 1. The Kier molecular flexibility index (Phi) is 2.74. The number of nitrogens with zero attached hydrogens (tertiary/aromatic N) is 2. The number of hydrogen-bond acceptors (Lipinski definition) is 2. The number of anilines is 1. The molecule has 0 atom stereocenters. The van der Waals surface area contributed by atoms with E-state index in [2.05, 4.69) is 17.6 Å². The van der Waals surface area contributed by atoms with Gasteiger partial charge in [0.15, 0.2) is 0 Å². The number of allylic oxidation sites excluding steroid dienone is 5. The summed E-state index contributed by atoms with van der Waals surface area (Å²) in [7, 11) is 0. The van der Waals surface area contributed by atoms with E-state index in [1.54, 1.807) is 0 Å². The minimum atomic E-state index is 0.493. The van der Waals surface area contributed by atoms with E-state index in [1.165, 1.54) is 0 Å². The van der Waals surface area contributed by atoms with E-state index >= 15 is 0 Å². The van der Waals surface area contributed by atoms with Crippen molar-refractivity contribution in [3.63, 3.8) is 0 Å². The lowest BCUT2D eigenvalue weighted by Gasteiger charge is -2.33. The van der Waals surface area contributed by atoms with Crippen LogP contribution in [-0.4, -0.2) is 6.54 Å². The van der Waals surface area contributed by atoms with Crippen molar-refractivity contribution in [2.75, 3.05) is 11.6 Å². The fourth-order valence-corrected chi connectivity index (χ4v) is 2.05. The van der Waals surface area contributed by atoms with Gasteiger partial charge in [-0.05, 0) is 29.5 Å². The van der Waals surface area contributed by atoms with Crippen LogP contribution in [0.4, 0.5) is 5.69 Å². The molecule has 0 saturated carbocycles. The van der Waals surface area contributed by atoms with Gasteiger partial charge in [-0.2, -0.15) is 0 Å². The quantitative estimate of drug-likeness (QED) is 0.857. The molecular weight excluding hydrogens is 222 g/mol. The van der Waals surface area contributed by atoms with E-state index in [1.807, 2.05) is 53.7 Å². The Morgan fingerprint density at radius 3 is 2.44 bits per heavy atom. The monoisotopic (exact) mass is 236 g/mol. The summed E-state index contributed by atoms with van der Waals surface area (Å²) in [5.74, 6) is 0. The SMILES string of the molecule is NCC1=CN(c2ccccc2)[N-]C1=C1C=CC=C1. The zero-order chi connectivity index (χ0) is 12.4. The molecule has 1 aromatic carbocycles. The lowest BCUT2D eigenvalue weighted by molar-refractivity contribution is 1.17. The lowest BCUT2D eigenvalue weighted by Crippen LogP contribution is -2.04. The molecule has 90 valence electrons. The molecule has 0 amide bonds. The van der Waals surface area contributed by atoms with Crippen LogP contribution in [0.15, 0.2) is 77.7 Å². The molecule has 0 radical (unpaired) electrons. The van der Waals surface area contributed by atoms with Crippen molar-refractivity contribution >= 4 is 5.69 Å². The second-order valence-corrected chi connectivity index (χ2v) is 4.16. The van der Waals surface area contributed by atoms with Gasteiger partial charge in [0.05, 0.1) is 0 Å². The van der Waals surface area contributed by atoms with Crippen LogP contribution in [0.5, 0.6) is 0 Å². The summed E-state index contributed by atoms with van der Waals surface area (Å²) in [6, 6.07) is 10.1. The Balaban J connectivity index is 1.95. The second kappa shape index (κ2) is 4.55. The third-order valence-electron chi connectivity index (χ3n) is 2.97. The summed E-state index contributed by atoms with van der Waals surface area (Å²) in [4.78, 5) is 0. The van der Waals surface area contributed by atoms with Crippen LogP contribution in [0, 0.1) is 0 Å². The normalized spacial score (nSPS) is 17.4. The molecule has 3 nitrogen and oxygen atoms in total. The standard InChI is InChI=1S/C15H14N3/c16-10-13-11-18(14-8-2-1-3-9-14)17-15(13)12-6-4-5-7-12/h1-9,11H,10,16H2/q-1. The Hall–Kier alpha value is -2.26. The van der Waals surface area contributed by atoms with E-state index in [9.17, 15) is 0 Å². The highest BCUT2D eigenvalue weighted by atomic mass is 15.5. The first-order valence-corrected chi connectivity index (χ1v) is 5.94. The third-order valence-corrected chi connectivity index (χ3v) is 2.97. The highest BCUT2D eigenvalue weighted by Crippen LogP contribution is 2.35. The first-order chi connectivity index (χ1) is 8.88. The molecule has 1 aromatic rings. The van der Waals surface area contributed by atoms with Crippen LogP contribution in [0.25, 0.3) is 5.43 Å². The summed E-state index contributed by atoms with van der Waals surface area (Å²) < 4.78 is 0. The molecule has 0 bridgehead atoms. The van der Waals surface area contributed by atoms with Crippen molar-refractivity contribution in [1.29, 1.82) is 0 Å². The van der Waals surface area contributed by atoms with Crippen LogP contribution in [0.3, 0.4) is 0 Å². The Bertz CT molecular complexity index is 551. The van der Waals surface area contributed by atoms with Crippen LogP contribution >= 0.6 is 0 Å². The summed E-state index contributed by atoms with van der Waals surface area (Å²) in [6.45, 7) is 0.493. The largest absolute Gasteiger partial charge is 0.590 e. The average molecular weight is 236 g/mol. The van der Waals surface area contributed by atoms with Crippen molar-refractivity contribution in [2.24, 2.45) is 5.73 Å². The third kappa shape index (κ3) is 1.85. The molecule has 0 unspecified atom stereocenters. The summed E-state index contributed by atoms with van der Waals surface area (Å²) in [6.07, 6.45) is 10.1. The maximum Gasteiger partial charge on any atom is 0.0271 e. The molecule has 1 heterocycles. The molecule has 0 fully saturated rings. The molecule has 0 saturated heterocycles. The average Bonchev–Trinajstić information content (AvgIpc) is 3.08. The smallest absolute Gasteiger partial charge is 0.0271 e. The minimum Gasteiger partial charge on any atom is -0.590 e. The van der Waals surface area contributed by atoms with Gasteiger partial charge in [0.1, 0.15) is 0 Å². The molecule has 0 spiro atoms. The first kappa shape index (κ1) is 10.9. The van der Waals surface area contributed by atoms with Crippen LogP contribution in [0.2, 0.25) is 0 Å². The molecule has 2 N–H and O–H groups in total. The fraction of sp³-hybridized carbons (Fsp3) is 0.0667. The maximum atomic E-state index is 5.79. The predicted octanol–water partition coefficient (Wildman–Crippen LogP) is 3.02. The first-order valence-electron chi connectivity index (χ1n) is 5.94. The van der Waals surface area contributed by atoms with Gasteiger partial charge in [-0.3, -0.25) is 0 Å². The molecule has 1 aliphatic heterocycles. The molecule has 18 heavy (non-hydrogen) atoms. The van der Waals surface area contributed by atoms with Crippen LogP contribution in [0.1, 0.15) is 0 Å². The van der Waals surface area contributed by atoms with E-state index in [-0.39, 0.29) is 0 Å². The van der Waals surface area contributed by atoms with Gasteiger partial charge in [0.25, 0.3) is 0 Å². The fourth-order valence-electron chi connectivity index (χ4n) is 2.05.